The summed E-state index contributed by atoms with van der Waals surface area (Å²) in [5, 5.41) is -0.305. The van der Waals surface area contributed by atoms with Gasteiger partial charge in [-0.2, -0.15) is 0 Å². The molecule has 4 nitrogen and oxygen atoms in total. The number of hydrogen-bond acceptors (Lipinski definition) is 4. The van der Waals surface area contributed by atoms with Gasteiger partial charge in [-0.3, -0.25) is 0 Å². The molecule has 1 aromatic carbocycles. The van der Waals surface area contributed by atoms with Crippen molar-refractivity contribution in [3.8, 4) is 0 Å². The van der Waals surface area contributed by atoms with Crippen LogP contribution in [0.25, 0.3) is 0 Å². The predicted octanol–water partition coefficient (Wildman–Crippen LogP) is 4.51. The second-order valence-corrected chi connectivity index (χ2v) is 8.37. The van der Waals surface area contributed by atoms with Crippen LogP contribution in [0.4, 0.5) is 0 Å². The summed E-state index contributed by atoms with van der Waals surface area (Å²) in [6.45, 7) is 5.76. The number of hydrogen-bond donors (Lipinski definition) is 0. The zero-order valence-corrected chi connectivity index (χ0v) is 14.8. The standard InChI is InChI=1S/C13H15Cl3O4S/c1-7(2)4-8(3)20-13(17)9-5-10(14)12(15)11(6-9)21(16,18)19/h5-8H,4H2,1-3H3. The maximum atomic E-state index is 12.0. The monoisotopic (exact) mass is 372 g/mol. The summed E-state index contributed by atoms with van der Waals surface area (Å²) in [5.41, 5.74) is -0.0146. The third-order valence-electron chi connectivity index (χ3n) is 2.60. The highest BCUT2D eigenvalue weighted by molar-refractivity contribution is 8.13. The van der Waals surface area contributed by atoms with E-state index in [9.17, 15) is 13.2 Å². The Bertz CT molecular complexity index is 641. The van der Waals surface area contributed by atoms with E-state index in [-0.39, 0.29) is 21.7 Å². The normalized spacial score (nSPS) is 13.3. The molecule has 8 heteroatoms. The Labute approximate surface area is 138 Å². The van der Waals surface area contributed by atoms with E-state index in [0.717, 1.165) is 6.07 Å². The van der Waals surface area contributed by atoms with Crippen LogP contribution in [0.15, 0.2) is 17.0 Å². The van der Waals surface area contributed by atoms with E-state index in [1.807, 2.05) is 13.8 Å². The zero-order chi connectivity index (χ0) is 16.4. The van der Waals surface area contributed by atoms with Gasteiger partial charge in [0.1, 0.15) is 4.90 Å². The fourth-order valence-electron chi connectivity index (χ4n) is 1.82. The molecule has 1 unspecified atom stereocenters. The lowest BCUT2D eigenvalue weighted by Crippen LogP contribution is -2.17. The number of carbonyl (C=O) groups is 1. The highest BCUT2D eigenvalue weighted by Crippen LogP contribution is 2.33. The van der Waals surface area contributed by atoms with Crippen LogP contribution in [0.1, 0.15) is 37.6 Å². The molecule has 0 spiro atoms. The van der Waals surface area contributed by atoms with Crippen LogP contribution in [0.3, 0.4) is 0 Å². The molecular weight excluding hydrogens is 359 g/mol. The number of rotatable bonds is 5. The van der Waals surface area contributed by atoms with E-state index >= 15 is 0 Å². The van der Waals surface area contributed by atoms with Crippen molar-refractivity contribution in [3.05, 3.63) is 27.7 Å². The quantitative estimate of drug-likeness (QED) is 0.562. The maximum absolute atomic E-state index is 12.0. The second-order valence-electron chi connectivity index (χ2n) is 5.05. The van der Waals surface area contributed by atoms with E-state index in [4.69, 9.17) is 38.6 Å². The van der Waals surface area contributed by atoms with Gasteiger partial charge in [-0.25, -0.2) is 13.2 Å². The minimum Gasteiger partial charge on any atom is -0.459 e. The van der Waals surface area contributed by atoms with Crippen molar-refractivity contribution in [3.63, 3.8) is 0 Å². The first-order valence-electron chi connectivity index (χ1n) is 6.17. The summed E-state index contributed by atoms with van der Waals surface area (Å²) in [7, 11) is 1.15. The molecule has 1 rings (SSSR count). The van der Waals surface area contributed by atoms with Crippen molar-refractivity contribution < 1.29 is 17.9 Å². The van der Waals surface area contributed by atoms with Gasteiger partial charge in [0.15, 0.2) is 0 Å². The molecule has 0 aromatic heterocycles. The van der Waals surface area contributed by atoms with Crippen molar-refractivity contribution in [1.82, 2.24) is 0 Å². The number of benzene rings is 1. The molecule has 0 amide bonds. The summed E-state index contributed by atoms with van der Waals surface area (Å²) in [4.78, 5) is 11.6. The molecule has 0 radical (unpaired) electrons. The van der Waals surface area contributed by atoms with Gasteiger partial charge >= 0.3 is 5.97 Å². The van der Waals surface area contributed by atoms with Gasteiger partial charge in [-0.15, -0.1) is 0 Å². The van der Waals surface area contributed by atoms with Gasteiger partial charge in [0.05, 0.1) is 21.7 Å². The molecule has 0 saturated carbocycles. The van der Waals surface area contributed by atoms with Gasteiger partial charge in [-0.05, 0) is 31.4 Å². The minimum atomic E-state index is -4.11. The Balaban J connectivity index is 3.09. The van der Waals surface area contributed by atoms with Crippen LogP contribution in [0.5, 0.6) is 0 Å². The molecule has 0 aliphatic carbocycles. The Morgan fingerprint density at radius 1 is 1.24 bits per heavy atom. The largest absolute Gasteiger partial charge is 0.459 e. The van der Waals surface area contributed by atoms with E-state index < -0.39 is 19.9 Å². The lowest BCUT2D eigenvalue weighted by Gasteiger charge is -2.15. The third-order valence-corrected chi connectivity index (χ3v) is 4.86. The average molecular weight is 374 g/mol. The molecule has 118 valence electrons. The zero-order valence-electron chi connectivity index (χ0n) is 11.7. The Morgan fingerprint density at radius 3 is 2.29 bits per heavy atom. The Hall–Kier alpha value is -0.490. The molecular formula is C13H15Cl3O4S. The van der Waals surface area contributed by atoms with Gasteiger partial charge in [0, 0.05) is 10.7 Å². The first-order valence-corrected chi connectivity index (χ1v) is 9.23. The van der Waals surface area contributed by atoms with Gasteiger partial charge < -0.3 is 4.74 Å². The summed E-state index contributed by atoms with van der Waals surface area (Å²) in [6, 6.07) is 2.31. The lowest BCUT2D eigenvalue weighted by atomic mass is 10.1. The highest BCUT2D eigenvalue weighted by Gasteiger charge is 2.22. The minimum absolute atomic E-state index is 0.0146. The van der Waals surface area contributed by atoms with Crippen LogP contribution in [0.2, 0.25) is 10.0 Å². The van der Waals surface area contributed by atoms with Crippen LogP contribution < -0.4 is 0 Å². The van der Waals surface area contributed by atoms with E-state index in [0.29, 0.717) is 12.3 Å². The van der Waals surface area contributed by atoms with Gasteiger partial charge in [0.2, 0.25) is 0 Å². The van der Waals surface area contributed by atoms with Crippen LogP contribution in [0, 0.1) is 5.92 Å². The molecule has 21 heavy (non-hydrogen) atoms. The van der Waals surface area contributed by atoms with Gasteiger partial charge in [-0.1, -0.05) is 37.0 Å². The van der Waals surface area contributed by atoms with Crippen molar-refractivity contribution in [2.45, 2.75) is 38.2 Å². The lowest BCUT2D eigenvalue weighted by molar-refractivity contribution is 0.0299. The van der Waals surface area contributed by atoms with Crippen molar-refractivity contribution in [2.75, 3.05) is 0 Å². The van der Waals surface area contributed by atoms with Crippen molar-refractivity contribution in [2.24, 2.45) is 5.92 Å². The van der Waals surface area contributed by atoms with E-state index in [1.165, 1.54) is 6.07 Å². The molecule has 1 aromatic rings. The number of halogens is 3. The SMILES string of the molecule is CC(C)CC(C)OC(=O)c1cc(Cl)c(Cl)c(S(=O)(=O)Cl)c1. The maximum Gasteiger partial charge on any atom is 0.338 e. The summed E-state index contributed by atoms with van der Waals surface area (Å²) in [6.07, 6.45) is 0.385. The van der Waals surface area contributed by atoms with Gasteiger partial charge in [0.25, 0.3) is 9.05 Å². The summed E-state index contributed by atoms with van der Waals surface area (Å²) < 4.78 is 28.1. The van der Waals surface area contributed by atoms with Crippen molar-refractivity contribution >= 4 is 48.9 Å². The van der Waals surface area contributed by atoms with E-state index in [1.54, 1.807) is 6.92 Å². The Kier molecular flexibility index (Phi) is 6.35. The van der Waals surface area contributed by atoms with Crippen molar-refractivity contribution in [1.29, 1.82) is 0 Å². The predicted molar refractivity (Wildman–Crippen MR) is 83.8 cm³/mol. The first kappa shape index (κ1) is 18.6. The highest BCUT2D eigenvalue weighted by atomic mass is 35.7. The number of esters is 1. The fraction of sp³-hybridized carbons (Fsp3) is 0.462. The Morgan fingerprint density at radius 2 is 1.81 bits per heavy atom. The molecule has 0 fully saturated rings. The summed E-state index contributed by atoms with van der Waals surface area (Å²) in [5.74, 6) is -0.316. The van der Waals surface area contributed by atoms with Crippen LogP contribution >= 0.6 is 33.9 Å². The summed E-state index contributed by atoms with van der Waals surface area (Å²) >= 11 is 11.6. The van der Waals surface area contributed by atoms with Crippen LogP contribution in [-0.2, 0) is 13.8 Å². The second kappa shape index (κ2) is 7.18. The topological polar surface area (TPSA) is 60.4 Å². The molecule has 0 bridgehead atoms. The molecule has 0 aliphatic rings. The fourth-order valence-corrected chi connectivity index (χ4v) is 3.59. The van der Waals surface area contributed by atoms with E-state index in [2.05, 4.69) is 0 Å². The molecule has 0 N–H and O–H groups in total. The smallest absolute Gasteiger partial charge is 0.338 e. The average Bonchev–Trinajstić information content (AvgIpc) is 2.29. The van der Waals surface area contributed by atoms with Crippen LogP contribution in [-0.4, -0.2) is 20.5 Å². The molecule has 0 saturated heterocycles. The molecule has 1 atom stereocenters. The first-order chi connectivity index (χ1) is 9.52. The molecule has 0 aliphatic heterocycles. The molecule has 0 heterocycles. The number of carbonyl (C=O) groups excluding carboxylic acids is 1. The third kappa shape index (κ3) is 5.33. The number of ether oxygens (including phenoxy) is 1.